The maximum Gasteiger partial charge on any atom is 0.256 e. The van der Waals surface area contributed by atoms with Crippen molar-refractivity contribution in [1.82, 2.24) is 0 Å². The van der Waals surface area contributed by atoms with Crippen LogP contribution in [-0.4, -0.2) is 25.2 Å². The summed E-state index contributed by atoms with van der Waals surface area (Å²) < 4.78 is 5.45. The molecule has 4 nitrogen and oxygen atoms in total. The van der Waals surface area contributed by atoms with Crippen LogP contribution >= 0.6 is 0 Å². The summed E-state index contributed by atoms with van der Waals surface area (Å²) in [5, 5.41) is 0. The van der Waals surface area contributed by atoms with E-state index in [9.17, 15) is 4.79 Å². The summed E-state index contributed by atoms with van der Waals surface area (Å²) in [6.45, 7) is 1.45. The van der Waals surface area contributed by atoms with Crippen molar-refractivity contribution in [1.29, 1.82) is 0 Å². The van der Waals surface area contributed by atoms with Crippen LogP contribution in [0.2, 0.25) is 0 Å². The van der Waals surface area contributed by atoms with Crippen molar-refractivity contribution in [2.45, 2.75) is 25.4 Å². The van der Waals surface area contributed by atoms with Crippen molar-refractivity contribution in [3.05, 3.63) is 23.8 Å². The third kappa shape index (κ3) is 1.78. The minimum atomic E-state index is -0.248. The van der Waals surface area contributed by atoms with Gasteiger partial charge in [0, 0.05) is 24.5 Å². The first kappa shape index (κ1) is 10.6. The van der Waals surface area contributed by atoms with Gasteiger partial charge in [-0.1, -0.05) is 6.07 Å². The zero-order valence-electron chi connectivity index (χ0n) is 9.69. The summed E-state index contributed by atoms with van der Waals surface area (Å²) in [6, 6.07) is 5.78. The van der Waals surface area contributed by atoms with Crippen LogP contribution < -0.4 is 10.6 Å². The summed E-state index contributed by atoms with van der Waals surface area (Å²) in [4.78, 5) is 14.1. The fraction of sp³-hybridized carbons (Fsp3) is 0.462. The van der Waals surface area contributed by atoms with E-state index < -0.39 is 0 Å². The second-order valence-electron chi connectivity index (χ2n) is 4.63. The number of carbonyl (C=O) groups excluding carboxylic acids is 1. The van der Waals surface area contributed by atoms with Crippen LogP contribution in [0.15, 0.2) is 18.2 Å². The second-order valence-corrected chi connectivity index (χ2v) is 4.63. The number of nitrogen functional groups attached to an aromatic ring is 1. The average molecular weight is 232 g/mol. The normalized spacial score (nSPS) is 22.8. The molecule has 0 unspecified atom stereocenters. The molecule has 1 aromatic rings. The first-order valence-electron chi connectivity index (χ1n) is 6.07. The maximum absolute atomic E-state index is 12.3. The molecule has 1 aromatic carbocycles. The number of hydrogen-bond acceptors (Lipinski definition) is 3. The van der Waals surface area contributed by atoms with Crippen molar-refractivity contribution in [2.75, 3.05) is 23.8 Å². The van der Waals surface area contributed by atoms with E-state index in [0.29, 0.717) is 12.3 Å². The predicted octanol–water partition coefficient (Wildman–Crippen LogP) is 1.34. The van der Waals surface area contributed by atoms with E-state index >= 15 is 0 Å². The van der Waals surface area contributed by atoms with Crippen molar-refractivity contribution in [3.8, 4) is 0 Å². The third-order valence-electron chi connectivity index (χ3n) is 3.48. The molecule has 90 valence electrons. The SMILES string of the molecule is Nc1ccc2c(c1)N(C(=O)[C@H]1CCCO1)CC2. The highest BCUT2D eigenvalue weighted by Gasteiger charge is 2.32. The second kappa shape index (κ2) is 4.04. The lowest BCUT2D eigenvalue weighted by Crippen LogP contribution is -2.37. The minimum Gasteiger partial charge on any atom is -0.399 e. The Bertz CT molecular complexity index is 453. The van der Waals surface area contributed by atoms with E-state index in [1.807, 2.05) is 23.1 Å². The molecule has 3 rings (SSSR count). The molecule has 17 heavy (non-hydrogen) atoms. The largest absolute Gasteiger partial charge is 0.399 e. The highest BCUT2D eigenvalue weighted by Crippen LogP contribution is 2.31. The van der Waals surface area contributed by atoms with E-state index in [-0.39, 0.29) is 12.0 Å². The van der Waals surface area contributed by atoms with Gasteiger partial charge in [-0.15, -0.1) is 0 Å². The first-order chi connectivity index (χ1) is 8.25. The highest BCUT2D eigenvalue weighted by atomic mass is 16.5. The van der Waals surface area contributed by atoms with Gasteiger partial charge in [-0.3, -0.25) is 4.79 Å². The van der Waals surface area contributed by atoms with Gasteiger partial charge in [0.1, 0.15) is 6.10 Å². The monoisotopic (exact) mass is 232 g/mol. The van der Waals surface area contributed by atoms with E-state index in [0.717, 1.165) is 31.5 Å². The van der Waals surface area contributed by atoms with Gasteiger partial charge in [0.15, 0.2) is 0 Å². The molecule has 0 radical (unpaired) electrons. The summed E-state index contributed by atoms with van der Waals surface area (Å²) in [5.74, 6) is 0.0897. The van der Waals surface area contributed by atoms with E-state index in [4.69, 9.17) is 10.5 Å². The lowest BCUT2D eigenvalue weighted by Gasteiger charge is -2.21. The van der Waals surface area contributed by atoms with E-state index in [1.54, 1.807) is 0 Å². The van der Waals surface area contributed by atoms with Crippen molar-refractivity contribution in [3.63, 3.8) is 0 Å². The molecule has 0 bridgehead atoms. The van der Waals surface area contributed by atoms with E-state index in [1.165, 1.54) is 5.56 Å². The molecule has 0 aromatic heterocycles. The molecular weight excluding hydrogens is 216 g/mol. The van der Waals surface area contributed by atoms with E-state index in [2.05, 4.69) is 0 Å². The number of ether oxygens (including phenoxy) is 1. The standard InChI is InChI=1S/C13H16N2O2/c14-10-4-3-9-5-6-15(11(9)8-10)13(16)12-2-1-7-17-12/h3-4,8,12H,1-2,5-7,14H2/t12-/m1/s1. The lowest BCUT2D eigenvalue weighted by molar-refractivity contribution is -0.127. The molecule has 1 amide bonds. The van der Waals surface area contributed by atoms with Crippen LogP contribution in [-0.2, 0) is 16.0 Å². The third-order valence-corrected chi connectivity index (χ3v) is 3.48. The zero-order chi connectivity index (χ0) is 11.8. The molecule has 0 aliphatic carbocycles. The highest BCUT2D eigenvalue weighted by molar-refractivity contribution is 5.99. The van der Waals surface area contributed by atoms with Gasteiger partial charge < -0.3 is 15.4 Å². The van der Waals surface area contributed by atoms with Crippen molar-refractivity contribution < 1.29 is 9.53 Å². The Morgan fingerprint density at radius 2 is 2.35 bits per heavy atom. The fourth-order valence-electron chi connectivity index (χ4n) is 2.57. The van der Waals surface area contributed by atoms with Gasteiger partial charge in [-0.2, -0.15) is 0 Å². The topological polar surface area (TPSA) is 55.6 Å². The summed E-state index contributed by atoms with van der Waals surface area (Å²) in [7, 11) is 0. The number of nitrogens with two attached hydrogens (primary N) is 1. The maximum atomic E-state index is 12.3. The number of rotatable bonds is 1. The Hall–Kier alpha value is -1.55. The quantitative estimate of drug-likeness (QED) is 0.743. The molecule has 4 heteroatoms. The molecule has 2 N–H and O–H groups in total. The molecule has 0 spiro atoms. The van der Waals surface area contributed by atoms with Gasteiger partial charge in [0.2, 0.25) is 0 Å². The molecule has 1 saturated heterocycles. The summed E-state index contributed by atoms with van der Waals surface area (Å²) in [6.07, 6.45) is 2.48. The number of benzene rings is 1. The Balaban J connectivity index is 1.87. The van der Waals surface area contributed by atoms with Crippen LogP contribution in [0.4, 0.5) is 11.4 Å². The van der Waals surface area contributed by atoms with Gasteiger partial charge in [0.05, 0.1) is 0 Å². The molecule has 2 aliphatic rings. The number of nitrogens with zero attached hydrogens (tertiary/aromatic N) is 1. The number of anilines is 2. The molecule has 0 saturated carbocycles. The number of carbonyl (C=O) groups is 1. The van der Waals surface area contributed by atoms with Crippen LogP contribution in [0.25, 0.3) is 0 Å². The lowest BCUT2D eigenvalue weighted by atomic mass is 10.1. The zero-order valence-corrected chi connectivity index (χ0v) is 9.69. The predicted molar refractivity (Wildman–Crippen MR) is 65.9 cm³/mol. The Kier molecular flexibility index (Phi) is 2.52. The Morgan fingerprint density at radius 3 is 3.12 bits per heavy atom. The average Bonchev–Trinajstić information content (AvgIpc) is 2.97. The van der Waals surface area contributed by atoms with Crippen LogP contribution in [0.5, 0.6) is 0 Å². The fourth-order valence-corrected chi connectivity index (χ4v) is 2.57. The number of hydrogen-bond donors (Lipinski definition) is 1. The van der Waals surface area contributed by atoms with Gasteiger partial charge in [-0.25, -0.2) is 0 Å². The molecule has 2 aliphatic heterocycles. The number of fused-ring (bicyclic) bond motifs is 1. The van der Waals surface area contributed by atoms with Gasteiger partial charge >= 0.3 is 0 Å². The van der Waals surface area contributed by atoms with Gasteiger partial charge in [-0.05, 0) is 37.0 Å². The van der Waals surface area contributed by atoms with Crippen molar-refractivity contribution in [2.24, 2.45) is 0 Å². The van der Waals surface area contributed by atoms with Crippen molar-refractivity contribution >= 4 is 17.3 Å². The Morgan fingerprint density at radius 1 is 1.47 bits per heavy atom. The minimum absolute atomic E-state index is 0.0897. The molecule has 1 fully saturated rings. The van der Waals surface area contributed by atoms with Crippen LogP contribution in [0, 0.1) is 0 Å². The smallest absolute Gasteiger partial charge is 0.256 e. The van der Waals surface area contributed by atoms with Crippen LogP contribution in [0.3, 0.4) is 0 Å². The first-order valence-corrected chi connectivity index (χ1v) is 6.07. The molecule has 2 heterocycles. The van der Waals surface area contributed by atoms with Gasteiger partial charge in [0.25, 0.3) is 5.91 Å². The summed E-state index contributed by atoms with van der Waals surface area (Å²) >= 11 is 0. The summed E-state index contributed by atoms with van der Waals surface area (Å²) in [5.41, 5.74) is 8.64. The molecule has 1 atom stereocenters. The molecular formula is C13H16N2O2. The number of amides is 1. The Labute approximate surface area is 100 Å². The van der Waals surface area contributed by atoms with Crippen LogP contribution in [0.1, 0.15) is 18.4 Å².